The zero-order chi connectivity index (χ0) is 8.85. The molecular weight excluding hydrogens is 147 g/mol. The van der Waals surface area contributed by atoms with Gasteiger partial charge in [-0.3, -0.25) is 0 Å². The van der Waals surface area contributed by atoms with E-state index in [1.54, 1.807) is 6.92 Å². The molecule has 1 radical (unpaired) electrons. The molecule has 0 N–H and O–H groups in total. The van der Waals surface area contributed by atoms with E-state index in [1.807, 2.05) is 6.92 Å². The van der Waals surface area contributed by atoms with Gasteiger partial charge in [-0.1, -0.05) is 12.5 Å². The van der Waals surface area contributed by atoms with Crippen molar-refractivity contribution in [2.45, 2.75) is 26.6 Å². The molecular formula is C8H12FO2. The Balaban J connectivity index is 3.86. The smallest absolute Gasteiger partial charge is 0.333 e. The number of alkyl halides is 1. The molecule has 0 fully saturated rings. The summed E-state index contributed by atoms with van der Waals surface area (Å²) < 4.78 is 16.1. The molecule has 0 aromatic carbocycles. The third-order valence-corrected chi connectivity index (χ3v) is 1.17. The van der Waals surface area contributed by atoms with Gasteiger partial charge in [0.05, 0.1) is 0 Å². The van der Waals surface area contributed by atoms with Crippen LogP contribution < -0.4 is 0 Å². The second-order valence-electron chi connectivity index (χ2n) is 2.19. The molecule has 0 saturated heterocycles. The van der Waals surface area contributed by atoms with Gasteiger partial charge >= 0.3 is 5.97 Å². The molecule has 1 unspecified atom stereocenters. The van der Waals surface area contributed by atoms with Crippen molar-refractivity contribution in [3.05, 3.63) is 18.6 Å². The van der Waals surface area contributed by atoms with Crippen molar-refractivity contribution < 1.29 is 13.9 Å². The summed E-state index contributed by atoms with van der Waals surface area (Å²) in [5.74, 6) is -0.674. The molecule has 0 aliphatic rings. The van der Waals surface area contributed by atoms with E-state index in [-0.39, 0.29) is 0 Å². The van der Waals surface area contributed by atoms with Gasteiger partial charge in [0.1, 0.15) is 0 Å². The van der Waals surface area contributed by atoms with Gasteiger partial charge in [0, 0.05) is 13.0 Å². The molecule has 0 rings (SSSR count). The molecule has 3 heteroatoms. The maximum Gasteiger partial charge on any atom is 0.333 e. The zero-order valence-corrected chi connectivity index (χ0v) is 6.76. The van der Waals surface area contributed by atoms with Crippen molar-refractivity contribution in [1.29, 1.82) is 0 Å². The van der Waals surface area contributed by atoms with Gasteiger partial charge in [0.15, 0.2) is 0 Å². The van der Waals surface area contributed by atoms with Crippen molar-refractivity contribution in [3.8, 4) is 0 Å². The Labute approximate surface area is 66.0 Å². The van der Waals surface area contributed by atoms with Crippen LogP contribution in [0.2, 0.25) is 0 Å². The Bertz CT molecular complexity index is 161. The first-order valence-corrected chi connectivity index (χ1v) is 3.41. The average Bonchev–Trinajstić information content (AvgIpc) is 1.85. The highest BCUT2D eigenvalue weighted by Gasteiger charge is 2.03. The Morgan fingerprint density at radius 1 is 1.82 bits per heavy atom. The van der Waals surface area contributed by atoms with Gasteiger partial charge in [-0.15, -0.1) is 0 Å². The fourth-order valence-corrected chi connectivity index (χ4v) is 0.463. The average molecular weight is 159 g/mol. The number of esters is 1. The van der Waals surface area contributed by atoms with Gasteiger partial charge in [-0.05, 0) is 13.3 Å². The fraction of sp³-hybridized carbons (Fsp3) is 0.500. The molecule has 11 heavy (non-hydrogen) atoms. The van der Waals surface area contributed by atoms with E-state index >= 15 is 0 Å². The summed E-state index contributed by atoms with van der Waals surface area (Å²) in [4.78, 5) is 10.6. The monoisotopic (exact) mass is 159 g/mol. The summed E-state index contributed by atoms with van der Waals surface area (Å²) >= 11 is 0. The van der Waals surface area contributed by atoms with Gasteiger partial charge in [0.2, 0.25) is 6.36 Å². The number of halogens is 1. The van der Waals surface area contributed by atoms with Gasteiger partial charge in [-0.25, -0.2) is 9.18 Å². The van der Waals surface area contributed by atoms with Crippen molar-refractivity contribution in [2.75, 3.05) is 0 Å². The predicted octanol–water partition coefficient (Wildman–Crippen LogP) is 2.02. The first-order valence-electron chi connectivity index (χ1n) is 3.41. The fourth-order valence-electron chi connectivity index (χ4n) is 0.463. The lowest BCUT2D eigenvalue weighted by atomic mass is 10.2. The van der Waals surface area contributed by atoms with Crippen LogP contribution in [0, 0.1) is 6.92 Å². The standard InChI is InChI=1S/C8H12FO2/c1-4-6(2)5-8(10)11-7(3)9/h5,7H,3-4H2,1-2H3. The molecule has 0 aliphatic carbocycles. The van der Waals surface area contributed by atoms with Crippen molar-refractivity contribution in [1.82, 2.24) is 0 Å². The Hall–Kier alpha value is -0.860. The maximum absolute atomic E-state index is 11.9. The number of ether oxygens (including phenoxy) is 1. The molecule has 0 amide bonds. The second kappa shape index (κ2) is 4.88. The molecule has 0 aromatic heterocycles. The first-order chi connectivity index (χ1) is 5.06. The summed E-state index contributed by atoms with van der Waals surface area (Å²) in [6.45, 7) is 6.55. The number of carbonyl (C=O) groups excluding carboxylic acids is 1. The summed E-state index contributed by atoms with van der Waals surface area (Å²) in [5.41, 5.74) is 0.857. The van der Waals surface area contributed by atoms with Crippen LogP contribution >= 0.6 is 0 Å². The largest absolute Gasteiger partial charge is 0.428 e. The molecule has 0 heterocycles. The van der Waals surface area contributed by atoms with E-state index < -0.39 is 12.3 Å². The SMILES string of the molecule is [CH2]C(F)OC(=O)C=C(C)CC. The van der Waals surface area contributed by atoms with Crippen LogP contribution in [0.25, 0.3) is 0 Å². The maximum atomic E-state index is 11.9. The third kappa shape index (κ3) is 5.58. The van der Waals surface area contributed by atoms with Crippen LogP contribution in [0.1, 0.15) is 20.3 Å². The summed E-state index contributed by atoms with van der Waals surface area (Å²) in [6, 6.07) is 0. The molecule has 0 spiro atoms. The highest BCUT2D eigenvalue weighted by Crippen LogP contribution is 2.00. The summed E-state index contributed by atoms with van der Waals surface area (Å²) in [5, 5.41) is 0. The lowest BCUT2D eigenvalue weighted by Crippen LogP contribution is -2.07. The summed E-state index contributed by atoms with van der Waals surface area (Å²) in [6.07, 6.45) is 0.240. The zero-order valence-electron chi connectivity index (χ0n) is 6.76. The van der Waals surface area contributed by atoms with Gasteiger partial charge < -0.3 is 4.74 Å². The van der Waals surface area contributed by atoms with Crippen LogP contribution in [0.4, 0.5) is 4.39 Å². The predicted molar refractivity (Wildman–Crippen MR) is 40.4 cm³/mol. The molecule has 0 bridgehead atoms. The van der Waals surface area contributed by atoms with Crippen LogP contribution in [-0.4, -0.2) is 12.3 Å². The lowest BCUT2D eigenvalue weighted by Gasteiger charge is -2.01. The minimum Gasteiger partial charge on any atom is -0.428 e. The number of allylic oxidation sites excluding steroid dienone is 1. The first kappa shape index (κ1) is 10.1. The van der Waals surface area contributed by atoms with Gasteiger partial charge in [0.25, 0.3) is 0 Å². The number of hydrogen-bond acceptors (Lipinski definition) is 2. The molecule has 2 nitrogen and oxygen atoms in total. The van der Waals surface area contributed by atoms with E-state index in [9.17, 15) is 9.18 Å². The van der Waals surface area contributed by atoms with Crippen molar-refractivity contribution in [3.63, 3.8) is 0 Å². The van der Waals surface area contributed by atoms with Crippen LogP contribution in [0.15, 0.2) is 11.6 Å². The second-order valence-corrected chi connectivity index (χ2v) is 2.19. The summed E-state index contributed by atoms with van der Waals surface area (Å²) in [7, 11) is 0. The Morgan fingerprint density at radius 2 is 2.36 bits per heavy atom. The quantitative estimate of drug-likeness (QED) is 0.465. The number of rotatable bonds is 3. The topological polar surface area (TPSA) is 26.3 Å². The highest BCUT2D eigenvalue weighted by atomic mass is 19.1. The normalized spacial score (nSPS) is 14.4. The van der Waals surface area contributed by atoms with E-state index in [1.165, 1.54) is 6.08 Å². The van der Waals surface area contributed by atoms with E-state index in [2.05, 4.69) is 11.7 Å². The highest BCUT2D eigenvalue weighted by molar-refractivity contribution is 5.82. The van der Waals surface area contributed by atoms with Crippen molar-refractivity contribution >= 4 is 5.97 Å². The number of hydrogen-bond donors (Lipinski definition) is 0. The third-order valence-electron chi connectivity index (χ3n) is 1.17. The molecule has 63 valence electrons. The van der Waals surface area contributed by atoms with E-state index in [0.717, 1.165) is 12.0 Å². The Morgan fingerprint density at radius 3 is 2.73 bits per heavy atom. The molecule has 1 atom stereocenters. The lowest BCUT2D eigenvalue weighted by molar-refractivity contribution is -0.147. The van der Waals surface area contributed by atoms with Crippen LogP contribution in [0.5, 0.6) is 0 Å². The van der Waals surface area contributed by atoms with Crippen LogP contribution in [0.3, 0.4) is 0 Å². The minimum absolute atomic E-state index is 0.674. The van der Waals surface area contributed by atoms with Crippen LogP contribution in [-0.2, 0) is 9.53 Å². The van der Waals surface area contributed by atoms with Gasteiger partial charge in [-0.2, -0.15) is 0 Å². The van der Waals surface area contributed by atoms with E-state index in [4.69, 9.17) is 0 Å². The molecule has 0 saturated carbocycles. The number of carbonyl (C=O) groups is 1. The van der Waals surface area contributed by atoms with E-state index in [0.29, 0.717) is 0 Å². The molecule has 0 aromatic rings. The molecule has 0 aliphatic heterocycles. The minimum atomic E-state index is -1.77. The van der Waals surface area contributed by atoms with Crippen molar-refractivity contribution in [2.24, 2.45) is 0 Å². The Kier molecular flexibility index (Phi) is 4.50.